The summed E-state index contributed by atoms with van der Waals surface area (Å²) in [5.41, 5.74) is 0. The Kier molecular flexibility index (Phi) is 55.7. The normalized spacial score (nSPS) is 15.6. The summed E-state index contributed by atoms with van der Waals surface area (Å²) in [6.45, 7) is 14.1. The predicted molar refractivity (Wildman–Crippen MR) is 344 cm³/mol. The zero-order valence-electron chi connectivity index (χ0n) is 55.9. The summed E-state index contributed by atoms with van der Waals surface area (Å²) < 4.78 is 68.2. The second-order valence-electron chi connectivity index (χ2n) is 25.2. The highest BCUT2D eigenvalue weighted by molar-refractivity contribution is 7.47. The minimum atomic E-state index is -4.95. The van der Waals surface area contributed by atoms with Crippen molar-refractivity contribution >= 4 is 39.5 Å². The van der Waals surface area contributed by atoms with E-state index in [1.807, 2.05) is 0 Å². The molecule has 0 saturated heterocycles. The van der Waals surface area contributed by atoms with Crippen LogP contribution in [0, 0.1) is 23.7 Å². The van der Waals surface area contributed by atoms with Crippen LogP contribution in [0.4, 0.5) is 0 Å². The largest absolute Gasteiger partial charge is 0.472 e. The maximum Gasteiger partial charge on any atom is 0.472 e. The van der Waals surface area contributed by atoms with E-state index in [4.69, 9.17) is 37.0 Å². The van der Waals surface area contributed by atoms with Crippen LogP contribution in [0.1, 0.15) is 325 Å². The fourth-order valence-electron chi connectivity index (χ4n) is 9.83. The number of ether oxygens (including phenoxy) is 4. The first-order valence-corrected chi connectivity index (χ1v) is 37.8. The van der Waals surface area contributed by atoms with E-state index in [2.05, 4.69) is 55.4 Å². The van der Waals surface area contributed by atoms with Gasteiger partial charge in [0, 0.05) is 25.7 Å². The molecule has 0 aliphatic heterocycles. The van der Waals surface area contributed by atoms with Gasteiger partial charge < -0.3 is 33.8 Å². The van der Waals surface area contributed by atoms with Crippen LogP contribution in [0.5, 0.6) is 0 Å². The van der Waals surface area contributed by atoms with E-state index in [0.29, 0.717) is 25.7 Å². The Morgan fingerprint density at radius 1 is 0.314 bits per heavy atom. The number of carbonyl (C=O) groups is 4. The summed E-state index contributed by atoms with van der Waals surface area (Å²) in [6.07, 6.45) is 37.4. The molecule has 0 aliphatic rings. The van der Waals surface area contributed by atoms with Crippen molar-refractivity contribution in [2.45, 2.75) is 343 Å². The first-order valence-electron chi connectivity index (χ1n) is 34.9. The van der Waals surface area contributed by atoms with Crippen LogP contribution in [-0.2, 0) is 65.4 Å². The number of aliphatic hydroxyl groups is 1. The van der Waals surface area contributed by atoms with Crippen LogP contribution in [0.2, 0.25) is 0 Å². The molecule has 17 nitrogen and oxygen atoms in total. The number of phosphoric ester groups is 2. The van der Waals surface area contributed by atoms with Crippen LogP contribution in [-0.4, -0.2) is 96.7 Å². The van der Waals surface area contributed by atoms with E-state index in [1.54, 1.807) is 0 Å². The molecule has 0 aromatic heterocycles. The average Bonchev–Trinajstić information content (AvgIpc) is 3.70. The lowest BCUT2D eigenvalue weighted by Gasteiger charge is -2.21. The van der Waals surface area contributed by atoms with Crippen molar-refractivity contribution in [3.05, 3.63) is 0 Å². The number of aliphatic hydroxyl groups excluding tert-OH is 1. The van der Waals surface area contributed by atoms with Gasteiger partial charge in [0.2, 0.25) is 0 Å². The molecule has 0 amide bonds. The highest BCUT2D eigenvalue weighted by atomic mass is 31.2. The highest BCUT2D eigenvalue weighted by Gasteiger charge is 2.30. The van der Waals surface area contributed by atoms with Crippen molar-refractivity contribution < 1.29 is 80.2 Å². The summed E-state index contributed by atoms with van der Waals surface area (Å²) >= 11 is 0. The van der Waals surface area contributed by atoms with E-state index in [-0.39, 0.29) is 25.7 Å². The summed E-state index contributed by atoms with van der Waals surface area (Å²) in [5.74, 6) is 0.910. The third-order valence-electron chi connectivity index (χ3n) is 16.8. The van der Waals surface area contributed by atoms with Gasteiger partial charge in [0.15, 0.2) is 12.2 Å². The molecule has 0 radical (unpaired) electrons. The fraction of sp³-hybridized carbons (Fsp3) is 0.940. The fourth-order valence-corrected chi connectivity index (χ4v) is 11.4. The van der Waals surface area contributed by atoms with Gasteiger partial charge >= 0.3 is 39.5 Å². The number of phosphoric acid groups is 2. The molecule has 19 heteroatoms. The van der Waals surface area contributed by atoms with Crippen molar-refractivity contribution in [3.8, 4) is 0 Å². The van der Waals surface area contributed by atoms with Gasteiger partial charge in [-0.15, -0.1) is 0 Å². The topological polar surface area (TPSA) is 237 Å². The third kappa shape index (κ3) is 56.1. The summed E-state index contributed by atoms with van der Waals surface area (Å²) in [4.78, 5) is 72.4. The molecule has 0 fully saturated rings. The Bertz CT molecular complexity index is 1720. The third-order valence-corrected chi connectivity index (χ3v) is 18.7. The first kappa shape index (κ1) is 84.1. The van der Waals surface area contributed by atoms with Gasteiger partial charge in [-0.3, -0.25) is 37.3 Å². The minimum Gasteiger partial charge on any atom is -0.462 e. The molecule has 510 valence electrons. The van der Waals surface area contributed by atoms with Gasteiger partial charge in [0.1, 0.15) is 19.3 Å². The molecule has 3 N–H and O–H groups in total. The number of carbonyl (C=O) groups excluding carboxylic acids is 4. The Morgan fingerprint density at radius 2 is 0.523 bits per heavy atom. The SMILES string of the molecule is CCC(C)CCCCCCCCCCC(=O)OC[C@H](COP(=O)(O)OC[C@@H](O)COP(=O)(O)OC[C@@H](COC(=O)CCCCCCCCC(C)CC)OC(=O)CCCCCCCCCCC(C)CC)OC(=O)CCCCCCCCCCC(C)CC. The highest BCUT2D eigenvalue weighted by Crippen LogP contribution is 2.45. The number of hydrogen-bond donors (Lipinski definition) is 3. The second-order valence-corrected chi connectivity index (χ2v) is 28.1. The summed E-state index contributed by atoms with van der Waals surface area (Å²) in [5, 5.41) is 10.6. The van der Waals surface area contributed by atoms with E-state index in [1.165, 1.54) is 122 Å². The number of esters is 4. The predicted octanol–water partition coefficient (Wildman–Crippen LogP) is 18.5. The zero-order chi connectivity index (χ0) is 63.9. The molecule has 0 saturated carbocycles. The van der Waals surface area contributed by atoms with Gasteiger partial charge in [-0.05, 0) is 49.4 Å². The lowest BCUT2D eigenvalue weighted by molar-refractivity contribution is -0.161. The molecule has 0 spiro atoms. The van der Waals surface area contributed by atoms with Crippen LogP contribution in [0.15, 0.2) is 0 Å². The molecule has 0 aromatic carbocycles. The van der Waals surface area contributed by atoms with Crippen molar-refractivity contribution in [2.24, 2.45) is 23.7 Å². The quantitative estimate of drug-likeness (QED) is 0.0222. The maximum absolute atomic E-state index is 13.0. The number of unbranched alkanes of at least 4 members (excludes halogenated alkanes) is 26. The number of rotatable bonds is 64. The minimum absolute atomic E-state index is 0.103. The van der Waals surface area contributed by atoms with Crippen LogP contribution in [0.3, 0.4) is 0 Å². The zero-order valence-corrected chi connectivity index (χ0v) is 57.7. The Labute approximate surface area is 524 Å². The second kappa shape index (κ2) is 57.0. The lowest BCUT2D eigenvalue weighted by atomic mass is 9.99. The summed E-state index contributed by atoms with van der Waals surface area (Å²) in [7, 11) is -9.90. The monoisotopic (exact) mass is 1270 g/mol. The maximum atomic E-state index is 13.0. The molecule has 6 unspecified atom stereocenters. The van der Waals surface area contributed by atoms with Gasteiger partial charge in [0.05, 0.1) is 26.4 Å². The van der Waals surface area contributed by atoms with Crippen molar-refractivity contribution in [1.82, 2.24) is 0 Å². The molecule has 0 aromatic rings. The van der Waals surface area contributed by atoms with E-state index >= 15 is 0 Å². The Balaban J connectivity index is 5.29. The van der Waals surface area contributed by atoms with Gasteiger partial charge in [-0.25, -0.2) is 9.13 Å². The Hall–Kier alpha value is -1.94. The van der Waals surface area contributed by atoms with E-state index < -0.39 is 97.5 Å². The standard InChI is InChI=1S/C67H130O17P2/c1-9-57(5)43-35-27-19-13-16-22-31-39-47-64(69)77-53-62(83-66(71)49-41-33-23-17-14-20-28-36-44-58(6)10-2)55-81-85(73,74)79-51-61(68)52-80-86(75,76)82-56-63(54-78-65(70)48-40-32-26-25-30-38-46-60(8)12-4)84-67(72)50-42-34-24-18-15-21-29-37-45-59(7)11-3/h57-63,68H,9-56H2,1-8H3,(H,73,74)(H,75,76)/t57?,58?,59?,60?,61-,62-,63-/m1/s1. The van der Waals surface area contributed by atoms with Crippen molar-refractivity contribution in [3.63, 3.8) is 0 Å². The first-order chi connectivity index (χ1) is 41.2. The van der Waals surface area contributed by atoms with Gasteiger partial charge in [-0.1, -0.05) is 274 Å². The summed E-state index contributed by atoms with van der Waals surface area (Å²) in [6, 6.07) is 0. The van der Waals surface area contributed by atoms with Crippen LogP contribution >= 0.6 is 15.6 Å². The molecule has 0 bridgehead atoms. The smallest absolute Gasteiger partial charge is 0.462 e. The molecular weight excluding hydrogens is 1140 g/mol. The molecule has 0 rings (SSSR count). The number of hydrogen-bond acceptors (Lipinski definition) is 15. The molecule has 0 aliphatic carbocycles. The molecule has 0 heterocycles. The molecular formula is C67H130O17P2. The van der Waals surface area contributed by atoms with E-state index in [0.717, 1.165) is 120 Å². The lowest BCUT2D eigenvalue weighted by Crippen LogP contribution is -2.30. The van der Waals surface area contributed by atoms with Crippen LogP contribution < -0.4 is 0 Å². The van der Waals surface area contributed by atoms with Crippen LogP contribution in [0.25, 0.3) is 0 Å². The van der Waals surface area contributed by atoms with Crippen molar-refractivity contribution in [2.75, 3.05) is 39.6 Å². The van der Waals surface area contributed by atoms with Gasteiger partial charge in [0.25, 0.3) is 0 Å². The molecule has 86 heavy (non-hydrogen) atoms. The van der Waals surface area contributed by atoms with Crippen molar-refractivity contribution in [1.29, 1.82) is 0 Å². The Morgan fingerprint density at radius 3 is 0.767 bits per heavy atom. The average molecular weight is 1270 g/mol. The molecule has 9 atom stereocenters. The van der Waals surface area contributed by atoms with Gasteiger partial charge in [-0.2, -0.15) is 0 Å². The van der Waals surface area contributed by atoms with E-state index in [9.17, 15) is 43.2 Å².